The largest absolute Gasteiger partial charge is 0.573 e. The van der Waals surface area contributed by atoms with E-state index < -0.39 is 6.36 Å². The van der Waals surface area contributed by atoms with E-state index in [0.29, 0.717) is 6.42 Å². The van der Waals surface area contributed by atoms with Crippen LogP contribution in [-0.4, -0.2) is 18.3 Å². The second kappa shape index (κ2) is 7.00. The lowest BCUT2D eigenvalue weighted by Crippen LogP contribution is -2.34. The molecule has 0 spiro atoms. The van der Waals surface area contributed by atoms with E-state index in [9.17, 15) is 18.0 Å². The van der Waals surface area contributed by atoms with Crippen LogP contribution in [0.5, 0.6) is 5.75 Å². The molecule has 118 valence electrons. The van der Waals surface area contributed by atoms with Crippen LogP contribution < -0.4 is 15.8 Å². The Balaban J connectivity index is 0.00000220. The van der Waals surface area contributed by atoms with Crippen LogP contribution in [0, 0.1) is 5.92 Å². The van der Waals surface area contributed by atoms with Gasteiger partial charge >= 0.3 is 6.36 Å². The number of hydrogen-bond donors (Lipinski definition) is 2. The van der Waals surface area contributed by atoms with Gasteiger partial charge in [0.15, 0.2) is 0 Å². The van der Waals surface area contributed by atoms with Crippen LogP contribution in [0.4, 0.5) is 18.9 Å². The number of carbonyl (C=O) groups excluding carboxylic acids is 1. The van der Waals surface area contributed by atoms with E-state index >= 15 is 0 Å². The molecule has 0 bridgehead atoms. The SMILES string of the molecule is Cl.NC1CCCC1C(=O)Nc1cccc(OC(F)(F)F)c1. The zero-order valence-corrected chi connectivity index (χ0v) is 11.8. The van der Waals surface area contributed by atoms with Crippen molar-refractivity contribution in [3.63, 3.8) is 0 Å². The molecule has 0 aromatic heterocycles. The average molecular weight is 325 g/mol. The van der Waals surface area contributed by atoms with Crippen molar-refractivity contribution in [3.05, 3.63) is 24.3 Å². The van der Waals surface area contributed by atoms with Crippen molar-refractivity contribution in [1.29, 1.82) is 0 Å². The maximum absolute atomic E-state index is 12.1. The third-order valence-corrected chi connectivity index (χ3v) is 3.24. The smallest absolute Gasteiger partial charge is 0.406 e. The van der Waals surface area contributed by atoms with Gasteiger partial charge in [-0.1, -0.05) is 12.5 Å². The highest BCUT2D eigenvalue weighted by Crippen LogP contribution is 2.27. The molecule has 1 aliphatic rings. The van der Waals surface area contributed by atoms with Gasteiger partial charge in [-0.15, -0.1) is 25.6 Å². The molecule has 2 atom stereocenters. The van der Waals surface area contributed by atoms with E-state index in [1.165, 1.54) is 18.2 Å². The van der Waals surface area contributed by atoms with Gasteiger partial charge in [-0.2, -0.15) is 0 Å². The summed E-state index contributed by atoms with van der Waals surface area (Å²) in [5.41, 5.74) is 6.07. The number of benzene rings is 1. The van der Waals surface area contributed by atoms with Gasteiger partial charge in [0.25, 0.3) is 0 Å². The predicted octanol–water partition coefficient (Wildman–Crippen LogP) is 3.07. The van der Waals surface area contributed by atoms with Crippen LogP contribution in [-0.2, 0) is 4.79 Å². The standard InChI is InChI=1S/C13H15F3N2O2.ClH/c14-13(15,16)20-9-4-1-3-8(7-9)18-12(19)10-5-2-6-11(10)17;/h1,3-4,7,10-11H,2,5-6,17H2,(H,18,19);1H. The molecular formula is C13H16ClF3N2O2. The van der Waals surface area contributed by atoms with Crippen LogP contribution in [0.3, 0.4) is 0 Å². The van der Waals surface area contributed by atoms with E-state index in [0.717, 1.165) is 18.9 Å². The first-order valence-electron chi connectivity index (χ1n) is 6.27. The molecule has 1 aromatic rings. The fourth-order valence-electron chi connectivity index (χ4n) is 2.32. The minimum Gasteiger partial charge on any atom is -0.406 e. The highest BCUT2D eigenvalue weighted by Gasteiger charge is 2.32. The first kappa shape index (κ1) is 17.6. The molecule has 1 aliphatic carbocycles. The molecule has 0 saturated heterocycles. The molecule has 1 saturated carbocycles. The van der Waals surface area contributed by atoms with Gasteiger partial charge < -0.3 is 15.8 Å². The molecule has 2 unspecified atom stereocenters. The zero-order valence-electron chi connectivity index (χ0n) is 11.0. The normalized spacial score (nSPS) is 21.5. The molecule has 1 aromatic carbocycles. The van der Waals surface area contributed by atoms with E-state index in [1.807, 2.05) is 0 Å². The van der Waals surface area contributed by atoms with Crippen molar-refractivity contribution in [2.24, 2.45) is 11.7 Å². The van der Waals surface area contributed by atoms with Crippen LogP contribution in [0.15, 0.2) is 24.3 Å². The summed E-state index contributed by atoms with van der Waals surface area (Å²) in [4.78, 5) is 12.0. The van der Waals surface area contributed by atoms with E-state index in [2.05, 4.69) is 10.1 Å². The van der Waals surface area contributed by atoms with Crippen molar-refractivity contribution < 1.29 is 22.7 Å². The fraction of sp³-hybridized carbons (Fsp3) is 0.462. The molecule has 0 aliphatic heterocycles. The number of rotatable bonds is 3. The third-order valence-electron chi connectivity index (χ3n) is 3.24. The van der Waals surface area contributed by atoms with Crippen molar-refractivity contribution >= 4 is 24.0 Å². The lowest BCUT2D eigenvalue weighted by atomic mass is 10.0. The number of hydrogen-bond acceptors (Lipinski definition) is 3. The molecule has 1 fully saturated rings. The number of carbonyl (C=O) groups is 1. The van der Waals surface area contributed by atoms with Crippen molar-refractivity contribution in [3.8, 4) is 5.75 Å². The van der Waals surface area contributed by atoms with Crippen LogP contribution in [0.25, 0.3) is 0 Å². The van der Waals surface area contributed by atoms with Gasteiger partial charge in [0.2, 0.25) is 5.91 Å². The Morgan fingerprint density at radius 2 is 2.05 bits per heavy atom. The fourth-order valence-corrected chi connectivity index (χ4v) is 2.32. The highest BCUT2D eigenvalue weighted by atomic mass is 35.5. The number of nitrogens with one attached hydrogen (secondary N) is 1. The Morgan fingerprint density at radius 1 is 1.33 bits per heavy atom. The topological polar surface area (TPSA) is 64.4 Å². The first-order valence-corrected chi connectivity index (χ1v) is 6.27. The monoisotopic (exact) mass is 324 g/mol. The number of alkyl halides is 3. The molecule has 8 heteroatoms. The number of nitrogens with two attached hydrogens (primary N) is 1. The molecule has 0 radical (unpaired) electrons. The Bertz CT molecular complexity index is 497. The molecule has 21 heavy (non-hydrogen) atoms. The van der Waals surface area contributed by atoms with Crippen molar-refractivity contribution in [2.45, 2.75) is 31.7 Å². The number of ether oxygens (including phenoxy) is 1. The second-order valence-corrected chi connectivity index (χ2v) is 4.77. The molecule has 2 rings (SSSR count). The summed E-state index contributed by atoms with van der Waals surface area (Å²) in [6.07, 6.45) is -2.38. The van der Waals surface area contributed by atoms with Crippen molar-refractivity contribution in [1.82, 2.24) is 0 Å². The summed E-state index contributed by atoms with van der Waals surface area (Å²) in [7, 11) is 0. The average Bonchev–Trinajstić information content (AvgIpc) is 2.73. The Morgan fingerprint density at radius 3 is 2.62 bits per heavy atom. The van der Waals surface area contributed by atoms with Crippen LogP contribution in [0.1, 0.15) is 19.3 Å². The van der Waals surface area contributed by atoms with Gasteiger partial charge in [0, 0.05) is 17.8 Å². The van der Waals surface area contributed by atoms with Gasteiger partial charge in [0.05, 0.1) is 5.92 Å². The zero-order chi connectivity index (χ0) is 14.8. The summed E-state index contributed by atoms with van der Waals surface area (Å²) in [5, 5.41) is 2.57. The molecule has 1 amide bonds. The van der Waals surface area contributed by atoms with Crippen LogP contribution >= 0.6 is 12.4 Å². The number of anilines is 1. The number of amides is 1. The molecule has 4 nitrogen and oxygen atoms in total. The summed E-state index contributed by atoms with van der Waals surface area (Å²) >= 11 is 0. The van der Waals surface area contributed by atoms with E-state index in [4.69, 9.17) is 5.73 Å². The van der Waals surface area contributed by atoms with E-state index in [-0.39, 0.29) is 41.7 Å². The summed E-state index contributed by atoms with van der Waals surface area (Å²) < 4.78 is 40.1. The molecule has 3 N–H and O–H groups in total. The van der Waals surface area contributed by atoms with E-state index in [1.54, 1.807) is 0 Å². The second-order valence-electron chi connectivity index (χ2n) is 4.77. The minimum atomic E-state index is -4.75. The van der Waals surface area contributed by atoms with Gasteiger partial charge in [-0.25, -0.2) is 0 Å². The Kier molecular flexibility index (Phi) is 5.86. The maximum Gasteiger partial charge on any atom is 0.573 e. The summed E-state index contributed by atoms with van der Waals surface area (Å²) in [6.45, 7) is 0. The Labute approximate surface area is 126 Å². The quantitative estimate of drug-likeness (QED) is 0.898. The predicted molar refractivity (Wildman–Crippen MR) is 74.3 cm³/mol. The maximum atomic E-state index is 12.1. The minimum absolute atomic E-state index is 0. The molecule has 0 heterocycles. The van der Waals surface area contributed by atoms with Gasteiger partial charge in [0.1, 0.15) is 5.75 Å². The third kappa shape index (κ3) is 5.09. The first-order chi connectivity index (χ1) is 9.35. The summed E-state index contributed by atoms with van der Waals surface area (Å²) in [5.74, 6) is -0.924. The lowest BCUT2D eigenvalue weighted by Gasteiger charge is -2.16. The summed E-state index contributed by atoms with van der Waals surface area (Å²) in [6, 6.07) is 4.99. The number of halogens is 4. The highest BCUT2D eigenvalue weighted by molar-refractivity contribution is 5.93. The van der Waals surface area contributed by atoms with Gasteiger partial charge in [-0.3, -0.25) is 4.79 Å². The lowest BCUT2D eigenvalue weighted by molar-refractivity contribution is -0.274. The van der Waals surface area contributed by atoms with Gasteiger partial charge in [-0.05, 0) is 25.0 Å². The van der Waals surface area contributed by atoms with Crippen LogP contribution in [0.2, 0.25) is 0 Å². The Hall–Kier alpha value is -1.47. The van der Waals surface area contributed by atoms with Crippen molar-refractivity contribution in [2.75, 3.05) is 5.32 Å². The molecular weight excluding hydrogens is 309 g/mol.